The maximum atomic E-state index is 14.1. The Morgan fingerprint density at radius 1 is 1.74 bits per heavy atom. The predicted molar refractivity (Wildman–Crippen MR) is 71.0 cm³/mol. The zero-order valence-electron chi connectivity index (χ0n) is 9.89. The van der Waals surface area contributed by atoms with Gasteiger partial charge in [-0.2, -0.15) is 4.98 Å². The van der Waals surface area contributed by atoms with E-state index in [0.717, 1.165) is 11.5 Å². The lowest BCUT2D eigenvalue weighted by Crippen LogP contribution is -2.40. The Morgan fingerprint density at radius 2 is 2.37 bits per heavy atom. The van der Waals surface area contributed by atoms with Crippen molar-refractivity contribution < 1.29 is 18.6 Å². The maximum Gasteiger partial charge on any atom is 0.351 e. The minimum Gasteiger partial charge on any atom is -0.394 e. The van der Waals surface area contributed by atoms with Gasteiger partial charge < -0.3 is 15.6 Å². The van der Waals surface area contributed by atoms with Crippen molar-refractivity contribution in [3.63, 3.8) is 0 Å². The van der Waals surface area contributed by atoms with Crippen LogP contribution in [0.15, 0.2) is 11.0 Å². The monoisotopic (exact) mass is 387 g/mol. The first-order valence-electron chi connectivity index (χ1n) is 5.42. The highest BCUT2D eigenvalue weighted by Crippen LogP contribution is 2.41. The van der Waals surface area contributed by atoms with E-state index in [1.165, 1.54) is 6.20 Å². The molecule has 1 aliphatic rings. The molecule has 0 saturated carbocycles. The van der Waals surface area contributed by atoms with E-state index in [1.54, 1.807) is 0 Å². The second kappa shape index (κ2) is 4.94. The highest BCUT2D eigenvalue weighted by molar-refractivity contribution is 14.1. The van der Waals surface area contributed by atoms with Gasteiger partial charge in [-0.05, 0) is 29.5 Å². The average Bonchev–Trinajstić information content (AvgIpc) is 2.56. The van der Waals surface area contributed by atoms with Gasteiger partial charge in [-0.3, -0.25) is 4.57 Å². The molecule has 19 heavy (non-hydrogen) atoms. The number of nitrogen functional groups attached to an aromatic ring is 1. The van der Waals surface area contributed by atoms with Crippen LogP contribution in [0.1, 0.15) is 13.2 Å². The summed E-state index contributed by atoms with van der Waals surface area (Å²) in [6.45, 7) is 0.303. The summed E-state index contributed by atoms with van der Waals surface area (Å²) in [6, 6.07) is 0. The van der Waals surface area contributed by atoms with Crippen LogP contribution in [0, 0.1) is 3.57 Å². The fraction of sp³-hybridized carbons (Fsp3) is 0.600. The molecule has 0 radical (unpaired) electrons. The Labute approximate surface area is 120 Å². The molecule has 4 atom stereocenters. The molecule has 0 amide bonds. The van der Waals surface area contributed by atoms with E-state index >= 15 is 0 Å². The summed E-state index contributed by atoms with van der Waals surface area (Å²) in [6.07, 6.45) is -3.65. The van der Waals surface area contributed by atoms with Crippen LogP contribution < -0.4 is 11.4 Å². The van der Waals surface area contributed by atoms with Crippen molar-refractivity contribution in [1.29, 1.82) is 0 Å². The van der Waals surface area contributed by atoms with E-state index in [1.807, 2.05) is 22.6 Å². The van der Waals surface area contributed by atoms with E-state index in [2.05, 4.69) is 4.98 Å². The van der Waals surface area contributed by atoms with Crippen molar-refractivity contribution in [1.82, 2.24) is 9.55 Å². The van der Waals surface area contributed by atoms with Crippen molar-refractivity contribution >= 4 is 28.4 Å². The number of anilines is 1. The SMILES string of the molecule is CC1(F)C(CO)OC(n2cc(I)c(N)nc2=O)C1F. The predicted octanol–water partition coefficient (Wildman–Crippen LogP) is 0.386. The second-order valence-electron chi connectivity index (χ2n) is 4.41. The molecule has 1 aliphatic heterocycles. The van der Waals surface area contributed by atoms with Crippen LogP contribution in [0.3, 0.4) is 0 Å². The molecule has 2 rings (SSSR count). The lowest BCUT2D eigenvalue weighted by atomic mass is 9.98. The minimum absolute atomic E-state index is 0.0111. The van der Waals surface area contributed by atoms with Gasteiger partial charge in [0.05, 0.1) is 10.2 Å². The number of aromatic nitrogens is 2. The quantitative estimate of drug-likeness (QED) is 0.717. The molecule has 3 N–H and O–H groups in total. The molecular weight excluding hydrogens is 375 g/mol. The highest BCUT2D eigenvalue weighted by Gasteiger charge is 2.56. The number of aliphatic hydroxyl groups excluding tert-OH is 1. The van der Waals surface area contributed by atoms with Gasteiger partial charge in [0.2, 0.25) is 0 Å². The van der Waals surface area contributed by atoms with Gasteiger partial charge in [0.25, 0.3) is 0 Å². The number of nitrogens with zero attached hydrogens (tertiary/aromatic N) is 2. The Bertz CT molecular complexity index is 551. The summed E-state index contributed by atoms with van der Waals surface area (Å²) in [5.41, 5.74) is 2.23. The lowest BCUT2D eigenvalue weighted by molar-refractivity contribution is -0.0532. The second-order valence-corrected chi connectivity index (χ2v) is 5.58. The van der Waals surface area contributed by atoms with E-state index in [9.17, 15) is 13.6 Å². The van der Waals surface area contributed by atoms with Crippen LogP contribution in [-0.2, 0) is 4.74 Å². The largest absolute Gasteiger partial charge is 0.394 e. The molecule has 9 heteroatoms. The molecule has 1 aromatic heterocycles. The summed E-state index contributed by atoms with van der Waals surface area (Å²) < 4.78 is 34.5. The maximum absolute atomic E-state index is 14.1. The van der Waals surface area contributed by atoms with Crippen LogP contribution in [-0.4, -0.2) is 39.2 Å². The molecule has 1 fully saturated rings. The first-order chi connectivity index (χ1) is 8.78. The summed E-state index contributed by atoms with van der Waals surface area (Å²) in [7, 11) is 0. The van der Waals surface area contributed by atoms with Gasteiger partial charge in [-0.1, -0.05) is 0 Å². The van der Waals surface area contributed by atoms with Crippen LogP contribution >= 0.6 is 22.6 Å². The zero-order valence-corrected chi connectivity index (χ0v) is 12.0. The minimum atomic E-state index is -2.38. The van der Waals surface area contributed by atoms with Crippen LogP contribution in [0.5, 0.6) is 0 Å². The third kappa shape index (κ3) is 2.34. The standard InChI is InChI=1S/C10H12F2IN3O3/c1-10(12)5(3-17)19-8(6(10)11)16-2-4(13)7(14)15-9(16)18/h2,5-6,8,17H,3H2,1H3,(H2,14,15,18). The third-order valence-corrected chi connectivity index (χ3v) is 3.93. The number of nitrogens with two attached hydrogens (primary N) is 1. The first-order valence-corrected chi connectivity index (χ1v) is 6.50. The van der Waals surface area contributed by atoms with Crippen LogP contribution in [0.25, 0.3) is 0 Å². The molecule has 6 nitrogen and oxygen atoms in total. The number of ether oxygens (including phenoxy) is 1. The Hall–Kier alpha value is -0.810. The smallest absolute Gasteiger partial charge is 0.351 e. The summed E-state index contributed by atoms with van der Waals surface area (Å²) >= 11 is 1.82. The molecule has 1 saturated heterocycles. The summed E-state index contributed by atoms with van der Waals surface area (Å²) in [5.74, 6) is 0.0111. The molecule has 2 heterocycles. The first kappa shape index (κ1) is 14.6. The van der Waals surface area contributed by atoms with Gasteiger partial charge in [0.1, 0.15) is 11.9 Å². The Morgan fingerprint density at radius 3 is 2.89 bits per heavy atom. The van der Waals surface area contributed by atoms with Crippen LogP contribution in [0.2, 0.25) is 0 Å². The molecule has 0 spiro atoms. The molecule has 0 bridgehead atoms. The van der Waals surface area contributed by atoms with Gasteiger partial charge >= 0.3 is 5.69 Å². The van der Waals surface area contributed by atoms with Crippen molar-refractivity contribution in [3.05, 3.63) is 20.3 Å². The van der Waals surface area contributed by atoms with Crippen molar-refractivity contribution in [2.45, 2.75) is 31.1 Å². The number of hydrogen-bond donors (Lipinski definition) is 2. The molecule has 106 valence electrons. The number of aliphatic hydroxyl groups is 1. The molecule has 1 aromatic rings. The number of alkyl halides is 2. The molecule has 0 aromatic carbocycles. The Balaban J connectivity index is 2.44. The summed E-state index contributed by atoms with van der Waals surface area (Å²) in [5, 5.41) is 9.00. The average molecular weight is 387 g/mol. The summed E-state index contributed by atoms with van der Waals surface area (Å²) in [4.78, 5) is 15.2. The van der Waals surface area contributed by atoms with E-state index < -0.39 is 36.5 Å². The van der Waals surface area contributed by atoms with Crippen molar-refractivity contribution in [2.24, 2.45) is 0 Å². The lowest BCUT2D eigenvalue weighted by Gasteiger charge is -2.20. The Kier molecular flexibility index (Phi) is 3.80. The van der Waals surface area contributed by atoms with Gasteiger partial charge in [0.15, 0.2) is 18.1 Å². The van der Waals surface area contributed by atoms with Crippen LogP contribution in [0.4, 0.5) is 14.6 Å². The fourth-order valence-electron chi connectivity index (χ4n) is 1.89. The van der Waals surface area contributed by atoms with Crippen molar-refractivity contribution in [3.8, 4) is 0 Å². The number of rotatable bonds is 2. The number of halogens is 3. The normalized spacial score (nSPS) is 34.7. The highest BCUT2D eigenvalue weighted by atomic mass is 127. The number of hydrogen-bond acceptors (Lipinski definition) is 5. The molecule has 0 aliphatic carbocycles. The zero-order chi connectivity index (χ0) is 14.4. The van der Waals surface area contributed by atoms with E-state index in [0.29, 0.717) is 3.57 Å². The molecular formula is C10H12F2IN3O3. The molecule has 4 unspecified atom stereocenters. The van der Waals surface area contributed by atoms with Gasteiger partial charge in [-0.15, -0.1) is 0 Å². The van der Waals surface area contributed by atoms with Crippen molar-refractivity contribution in [2.75, 3.05) is 12.3 Å². The van der Waals surface area contributed by atoms with E-state index in [4.69, 9.17) is 15.6 Å². The van der Waals surface area contributed by atoms with Gasteiger partial charge in [0, 0.05) is 6.20 Å². The fourth-order valence-corrected chi connectivity index (χ4v) is 2.32. The topological polar surface area (TPSA) is 90.4 Å². The van der Waals surface area contributed by atoms with E-state index in [-0.39, 0.29) is 5.82 Å². The third-order valence-electron chi connectivity index (χ3n) is 3.10. The van der Waals surface area contributed by atoms with Gasteiger partial charge in [-0.25, -0.2) is 13.6 Å².